The van der Waals surface area contributed by atoms with Crippen molar-refractivity contribution in [1.29, 1.82) is 0 Å². The normalized spacial score (nSPS) is 24.4. The first-order valence-corrected chi connectivity index (χ1v) is 5.93. The fraction of sp³-hybridized carbons (Fsp3) is 0.462. The first-order valence-electron chi connectivity index (χ1n) is 5.93. The molecular formula is C13H17FNO2+. The second kappa shape index (κ2) is 5.27. The average Bonchev–Trinajstić information content (AvgIpc) is 2.33. The molecular weight excluding hydrogens is 221 g/mol. The minimum Gasteiger partial charge on any atom is -0.458 e. The number of halogens is 1. The van der Waals surface area contributed by atoms with Crippen LogP contribution in [0.15, 0.2) is 24.3 Å². The van der Waals surface area contributed by atoms with E-state index in [4.69, 9.17) is 4.74 Å². The minimum absolute atomic E-state index is 0.0104. The molecule has 17 heavy (non-hydrogen) atoms. The maximum Gasteiger partial charge on any atom is 0.338 e. The molecule has 1 N–H and O–H groups in total. The number of likely N-dealkylation sites (tertiary alicyclic amines) is 1. The van der Waals surface area contributed by atoms with E-state index in [-0.39, 0.29) is 17.9 Å². The van der Waals surface area contributed by atoms with Gasteiger partial charge in [0.25, 0.3) is 0 Å². The number of carbonyl (C=O) groups is 1. The zero-order valence-corrected chi connectivity index (χ0v) is 9.91. The highest BCUT2D eigenvalue weighted by Gasteiger charge is 2.23. The SMILES string of the molecule is C[NH+]1CCC(OC(=O)c2ccc(F)cc2)CC1. The van der Waals surface area contributed by atoms with Crippen LogP contribution in [-0.2, 0) is 4.74 Å². The number of hydrogen-bond acceptors (Lipinski definition) is 2. The standard InChI is InChI=1S/C13H16FNO2/c1-15-8-6-12(7-9-15)17-13(16)10-2-4-11(14)5-3-10/h2-5,12H,6-9H2,1H3/p+1. The molecule has 1 saturated heterocycles. The van der Waals surface area contributed by atoms with Crippen molar-refractivity contribution in [2.75, 3.05) is 20.1 Å². The van der Waals surface area contributed by atoms with Crippen LogP contribution in [0.1, 0.15) is 23.2 Å². The van der Waals surface area contributed by atoms with Crippen LogP contribution in [0.3, 0.4) is 0 Å². The van der Waals surface area contributed by atoms with Crippen molar-refractivity contribution in [3.8, 4) is 0 Å². The van der Waals surface area contributed by atoms with Crippen molar-refractivity contribution in [3.63, 3.8) is 0 Å². The highest BCUT2D eigenvalue weighted by molar-refractivity contribution is 5.89. The molecule has 0 amide bonds. The van der Waals surface area contributed by atoms with Gasteiger partial charge < -0.3 is 9.64 Å². The molecule has 1 aliphatic rings. The molecule has 1 aliphatic heterocycles. The summed E-state index contributed by atoms with van der Waals surface area (Å²) in [5.74, 6) is -0.695. The zero-order chi connectivity index (χ0) is 12.3. The summed E-state index contributed by atoms with van der Waals surface area (Å²) in [6.45, 7) is 2.06. The maximum absolute atomic E-state index is 12.7. The first-order chi connectivity index (χ1) is 8.15. The lowest BCUT2D eigenvalue weighted by Crippen LogP contribution is -3.10. The summed E-state index contributed by atoms with van der Waals surface area (Å²) >= 11 is 0. The Morgan fingerprint density at radius 3 is 2.47 bits per heavy atom. The highest BCUT2D eigenvalue weighted by Crippen LogP contribution is 2.10. The van der Waals surface area contributed by atoms with Gasteiger partial charge in [-0.15, -0.1) is 0 Å². The van der Waals surface area contributed by atoms with E-state index in [0.29, 0.717) is 5.56 Å². The van der Waals surface area contributed by atoms with E-state index in [1.54, 1.807) is 0 Å². The molecule has 1 fully saturated rings. The molecule has 0 unspecified atom stereocenters. The van der Waals surface area contributed by atoms with Gasteiger partial charge in [0.2, 0.25) is 0 Å². The van der Waals surface area contributed by atoms with Crippen molar-refractivity contribution in [1.82, 2.24) is 0 Å². The molecule has 4 heteroatoms. The molecule has 1 heterocycles. The predicted octanol–water partition coefficient (Wildman–Crippen LogP) is 0.660. The van der Waals surface area contributed by atoms with Crippen LogP contribution < -0.4 is 4.90 Å². The number of piperidine rings is 1. The third kappa shape index (κ3) is 3.27. The van der Waals surface area contributed by atoms with Gasteiger partial charge in [-0.05, 0) is 24.3 Å². The number of nitrogens with one attached hydrogen (secondary N) is 1. The van der Waals surface area contributed by atoms with Crippen LogP contribution in [-0.4, -0.2) is 32.2 Å². The summed E-state index contributed by atoms with van der Waals surface area (Å²) in [4.78, 5) is 13.2. The number of ether oxygens (including phenoxy) is 1. The topological polar surface area (TPSA) is 30.7 Å². The molecule has 0 atom stereocenters. The van der Waals surface area contributed by atoms with Gasteiger partial charge in [-0.3, -0.25) is 0 Å². The lowest BCUT2D eigenvalue weighted by atomic mass is 10.1. The Kier molecular flexibility index (Phi) is 3.74. The van der Waals surface area contributed by atoms with Gasteiger partial charge in [0.05, 0.1) is 25.7 Å². The van der Waals surface area contributed by atoms with Crippen molar-refractivity contribution < 1.29 is 18.8 Å². The summed E-state index contributed by atoms with van der Waals surface area (Å²) in [5, 5.41) is 0. The fourth-order valence-corrected chi connectivity index (χ4v) is 2.01. The number of benzene rings is 1. The number of quaternary nitrogens is 1. The Morgan fingerprint density at radius 2 is 1.88 bits per heavy atom. The van der Waals surface area contributed by atoms with Gasteiger partial charge in [0.15, 0.2) is 0 Å². The van der Waals surface area contributed by atoms with Gasteiger partial charge in [0, 0.05) is 12.8 Å². The van der Waals surface area contributed by atoms with Gasteiger partial charge in [0.1, 0.15) is 11.9 Å². The molecule has 92 valence electrons. The van der Waals surface area contributed by atoms with E-state index in [1.807, 2.05) is 0 Å². The second-order valence-electron chi connectivity index (χ2n) is 4.57. The number of esters is 1. The lowest BCUT2D eigenvalue weighted by molar-refractivity contribution is -0.885. The Hall–Kier alpha value is -1.42. The smallest absolute Gasteiger partial charge is 0.338 e. The van der Waals surface area contributed by atoms with Crippen LogP contribution in [0.2, 0.25) is 0 Å². The summed E-state index contributed by atoms with van der Waals surface area (Å²) in [6, 6.07) is 5.46. The van der Waals surface area contributed by atoms with Crippen molar-refractivity contribution in [2.45, 2.75) is 18.9 Å². The quantitative estimate of drug-likeness (QED) is 0.767. The summed E-state index contributed by atoms with van der Waals surface area (Å²) in [6.07, 6.45) is 1.81. The molecule has 1 aromatic rings. The maximum atomic E-state index is 12.7. The summed E-state index contributed by atoms with van der Waals surface area (Å²) < 4.78 is 18.1. The average molecular weight is 238 g/mol. The highest BCUT2D eigenvalue weighted by atomic mass is 19.1. The molecule has 0 saturated carbocycles. The van der Waals surface area contributed by atoms with E-state index >= 15 is 0 Å². The Bertz CT molecular complexity index is 383. The number of hydrogen-bond donors (Lipinski definition) is 1. The van der Waals surface area contributed by atoms with Crippen LogP contribution >= 0.6 is 0 Å². The molecule has 0 spiro atoms. The monoisotopic (exact) mass is 238 g/mol. The largest absolute Gasteiger partial charge is 0.458 e. The van der Waals surface area contributed by atoms with Gasteiger partial charge in [-0.1, -0.05) is 0 Å². The van der Waals surface area contributed by atoms with Crippen LogP contribution in [0.4, 0.5) is 4.39 Å². The number of carbonyl (C=O) groups excluding carboxylic acids is 1. The molecule has 2 rings (SSSR count). The minimum atomic E-state index is -0.352. The van der Waals surface area contributed by atoms with Gasteiger partial charge in [-0.25, -0.2) is 9.18 Å². The molecule has 0 radical (unpaired) electrons. The fourth-order valence-electron chi connectivity index (χ4n) is 2.01. The molecule has 0 aromatic heterocycles. The van der Waals surface area contributed by atoms with Crippen molar-refractivity contribution in [3.05, 3.63) is 35.6 Å². The van der Waals surface area contributed by atoms with E-state index in [0.717, 1.165) is 25.9 Å². The van der Waals surface area contributed by atoms with Crippen molar-refractivity contribution >= 4 is 5.97 Å². The Labute approximate surface area is 100 Å². The molecule has 1 aromatic carbocycles. The van der Waals surface area contributed by atoms with Crippen LogP contribution in [0.25, 0.3) is 0 Å². The molecule has 3 nitrogen and oxygen atoms in total. The lowest BCUT2D eigenvalue weighted by Gasteiger charge is -2.26. The van der Waals surface area contributed by atoms with E-state index in [2.05, 4.69) is 7.05 Å². The van der Waals surface area contributed by atoms with Crippen molar-refractivity contribution in [2.24, 2.45) is 0 Å². The van der Waals surface area contributed by atoms with E-state index in [1.165, 1.54) is 29.2 Å². The predicted molar refractivity (Wildman–Crippen MR) is 61.5 cm³/mol. The van der Waals surface area contributed by atoms with Gasteiger partial charge in [-0.2, -0.15) is 0 Å². The third-order valence-electron chi connectivity index (χ3n) is 3.14. The number of rotatable bonds is 2. The van der Waals surface area contributed by atoms with Gasteiger partial charge >= 0.3 is 5.97 Å². The Morgan fingerprint density at radius 1 is 1.29 bits per heavy atom. The van der Waals surface area contributed by atoms with Crippen LogP contribution in [0, 0.1) is 5.82 Å². The zero-order valence-electron chi connectivity index (χ0n) is 9.91. The van der Waals surface area contributed by atoms with Crippen LogP contribution in [0.5, 0.6) is 0 Å². The second-order valence-corrected chi connectivity index (χ2v) is 4.57. The molecule has 0 aliphatic carbocycles. The summed E-state index contributed by atoms with van der Waals surface area (Å²) in [7, 11) is 2.14. The first kappa shape index (κ1) is 12.0. The van der Waals surface area contributed by atoms with E-state index in [9.17, 15) is 9.18 Å². The van der Waals surface area contributed by atoms with E-state index < -0.39 is 0 Å². The molecule has 0 bridgehead atoms. The summed E-state index contributed by atoms with van der Waals surface area (Å²) in [5.41, 5.74) is 0.415. The third-order valence-corrected chi connectivity index (χ3v) is 3.14. The Balaban J connectivity index is 1.91.